The van der Waals surface area contributed by atoms with Gasteiger partial charge in [-0.3, -0.25) is 4.79 Å². The number of nitrogens with zero attached hydrogens (tertiary/aromatic N) is 1. The lowest BCUT2D eigenvalue weighted by Gasteiger charge is -2.40. The normalized spacial score (nSPS) is 22.7. The summed E-state index contributed by atoms with van der Waals surface area (Å²) in [6.07, 6.45) is 4.52. The highest BCUT2D eigenvalue weighted by Crippen LogP contribution is 2.32. The van der Waals surface area contributed by atoms with E-state index in [2.05, 4.69) is 37.6 Å². The van der Waals surface area contributed by atoms with Crippen LogP contribution in [0.4, 0.5) is 0 Å². The molecule has 0 saturated heterocycles. The lowest BCUT2D eigenvalue weighted by Crippen LogP contribution is -2.51. The molecule has 0 unspecified atom stereocenters. The summed E-state index contributed by atoms with van der Waals surface area (Å²) in [6.45, 7) is 12.6. The quantitative estimate of drug-likeness (QED) is 0.743. The molecule has 0 bridgehead atoms. The predicted octanol–water partition coefficient (Wildman–Crippen LogP) is 3.27. The molecule has 0 fully saturated rings. The monoisotopic (exact) mass is 327 g/mol. The molecule has 0 aromatic carbocycles. The van der Waals surface area contributed by atoms with E-state index < -0.39 is 16.6 Å². The second kappa shape index (κ2) is 6.26. The number of carbonyl (C=O) groups excluding carboxylic acids is 1. The second-order valence-electron chi connectivity index (χ2n) is 7.65. The summed E-state index contributed by atoms with van der Waals surface area (Å²) >= 11 is 0. The molecular formula is C15H29NO3Si2. The van der Waals surface area contributed by atoms with Crippen LogP contribution in [-0.2, 0) is 13.6 Å². The maximum Gasteiger partial charge on any atom is 0.263 e. The van der Waals surface area contributed by atoms with Crippen molar-refractivity contribution in [3.63, 3.8) is 0 Å². The third-order valence-corrected chi connectivity index (χ3v) is 6.78. The van der Waals surface area contributed by atoms with Gasteiger partial charge in [0, 0.05) is 25.6 Å². The van der Waals surface area contributed by atoms with Gasteiger partial charge in [0.2, 0.25) is 0 Å². The molecule has 0 N–H and O–H groups in total. The lowest BCUT2D eigenvalue weighted by atomic mass is 10.2. The highest BCUT2D eigenvalue weighted by molar-refractivity contribution is 6.72. The van der Waals surface area contributed by atoms with Gasteiger partial charge in [0.05, 0.1) is 6.61 Å². The van der Waals surface area contributed by atoms with Crippen molar-refractivity contribution in [2.45, 2.75) is 58.4 Å². The van der Waals surface area contributed by atoms with Crippen molar-refractivity contribution in [2.24, 2.45) is 0 Å². The molecule has 0 amide bonds. The summed E-state index contributed by atoms with van der Waals surface area (Å²) in [5.74, 6) is 1.23. The third kappa shape index (κ3) is 4.69. The summed E-state index contributed by atoms with van der Waals surface area (Å²) in [4.78, 5) is 14.7. The van der Waals surface area contributed by atoms with E-state index in [-0.39, 0.29) is 5.78 Å². The van der Waals surface area contributed by atoms with Gasteiger partial charge in [-0.05, 0) is 45.6 Å². The number of rotatable bonds is 4. The average molecular weight is 328 g/mol. The Labute approximate surface area is 130 Å². The van der Waals surface area contributed by atoms with Gasteiger partial charge >= 0.3 is 0 Å². The van der Waals surface area contributed by atoms with E-state index >= 15 is 0 Å². The minimum absolute atomic E-state index is 0.264. The minimum Gasteiger partial charge on any atom is -0.544 e. The maximum atomic E-state index is 12.4. The van der Waals surface area contributed by atoms with Gasteiger partial charge in [-0.1, -0.05) is 0 Å². The largest absolute Gasteiger partial charge is 0.544 e. The Morgan fingerprint density at radius 3 is 2.57 bits per heavy atom. The van der Waals surface area contributed by atoms with Gasteiger partial charge in [-0.15, -0.1) is 0 Å². The SMILES string of the molecule is C[Si](C)(C)OCCN1C[Si](C)(C)OC2=C1C(=O)CCCC2. The number of ketones is 1. The van der Waals surface area contributed by atoms with Crippen LogP contribution >= 0.6 is 0 Å². The Bertz CT molecular complexity index is 441. The van der Waals surface area contributed by atoms with E-state index in [1.807, 2.05) is 0 Å². The lowest BCUT2D eigenvalue weighted by molar-refractivity contribution is -0.117. The number of hydrogen-bond acceptors (Lipinski definition) is 4. The fourth-order valence-electron chi connectivity index (χ4n) is 2.97. The van der Waals surface area contributed by atoms with Crippen LogP contribution in [0, 0.1) is 0 Å². The molecule has 120 valence electrons. The molecule has 0 saturated carbocycles. The Morgan fingerprint density at radius 2 is 1.90 bits per heavy atom. The van der Waals surface area contributed by atoms with Gasteiger partial charge in [0.25, 0.3) is 8.32 Å². The molecule has 0 atom stereocenters. The standard InChI is InChI=1S/C15H29NO3Si2/c1-20(2,3)18-11-10-16-12-21(4,5)19-14-9-7-6-8-13(17)15(14)16/h6-12H2,1-5H3. The molecule has 0 radical (unpaired) electrons. The summed E-state index contributed by atoms with van der Waals surface area (Å²) in [7, 11) is -3.23. The van der Waals surface area contributed by atoms with Crippen molar-refractivity contribution in [1.82, 2.24) is 4.90 Å². The number of hydrogen-bond donors (Lipinski definition) is 0. The zero-order valence-corrected chi connectivity index (χ0v) is 16.1. The van der Waals surface area contributed by atoms with E-state index in [9.17, 15) is 4.79 Å². The van der Waals surface area contributed by atoms with Gasteiger partial charge in [0.1, 0.15) is 11.5 Å². The van der Waals surface area contributed by atoms with E-state index in [1.54, 1.807) is 0 Å². The molecule has 0 aromatic rings. The number of carbonyl (C=O) groups is 1. The molecule has 2 rings (SSSR count). The fourth-order valence-corrected chi connectivity index (χ4v) is 5.84. The molecular weight excluding hydrogens is 298 g/mol. The Hall–Kier alpha value is -0.596. The first-order chi connectivity index (χ1) is 9.68. The summed E-state index contributed by atoms with van der Waals surface area (Å²) in [5.41, 5.74) is 0.860. The van der Waals surface area contributed by atoms with Crippen molar-refractivity contribution < 1.29 is 13.6 Å². The highest BCUT2D eigenvalue weighted by atomic mass is 28.4. The van der Waals surface area contributed by atoms with Crippen LogP contribution in [0.25, 0.3) is 0 Å². The summed E-state index contributed by atoms with van der Waals surface area (Å²) in [6, 6.07) is 0. The van der Waals surface area contributed by atoms with Crippen molar-refractivity contribution in [3.8, 4) is 0 Å². The Kier molecular flexibility index (Phi) is 5.00. The van der Waals surface area contributed by atoms with Gasteiger partial charge < -0.3 is 13.8 Å². The van der Waals surface area contributed by atoms with Crippen LogP contribution in [0.15, 0.2) is 11.5 Å². The van der Waals surface area contributed by atoms with Gasteiger partial charge in [-0.25, -0.2) is 0 Å². The zero-order chi connectivity index (χ0) is 15.7. The molecule has 1 aliphatic heterocycles. The van der Waals surface area contributed by atoms with E-state index in [4.69, 9.17) is 8.85 Å². The van der Waals surface area contributed by atoms with Gasteiger partial charge in [0.15, 0.2) is 14.1 Å². The van der Waals surface area contributed by atoms with Crippen LogP contribution < -0.4 is 0 Å². The maximum absolute atomic E-state index is 12.4. The smallest absolute Gasteiger partial charge is 0.263 e. The molecule has 2 aliphatic rings. The first-order valence-electron chi connectivity index (χ1n) is 8.02. The van der Waals surface area contributed by atoms with Crippen LogP contribution in [0.2, 0.25) is 32.7 Å². The van der Waals surface area contributed by atoms with Crippen LogP contribution in [0.3, 0.4) is 0 Å². The molecule has 1 heterocycles. The van der Waals surface area contributed by atoms with E-state index in [0.29, 0.717) is 13.0 Å². The van der Waals surface area contributed by atoms with E-state index in [0.717, 1.165) is 43.4 Å². The van der Waals surface area contributed by atoms with Crippen LogP contribution in [0.5, 0.6) is 0 Å². The number of allylic oxidation sites excluding steroid dienone is 2. The number of Topliss-reactive ketones (excluding diaryl/α,β-unsaturated/α-hetero) is 1. The molecule has 4 nitrogen and oxygen atoms in total. The Balaban J connectivity index is 2.14. The predicted molar refractivity (Wildman–Crippen MR) is 89.9 cm³/mol. The van der Waals surface area contributed by atoms with Crippen LogP contribution in [-0.4, -0.2) is 46.6 Å². The van der Waals surface area contributed by atoms with Crippen molar-refractivity contribution in [1.29, 1.82) is 0 Å². The third-order valence-electron chi connectivity index (χ3n) is 3.77. The second-order valence-corrected chi connectivity index (χ2v) is 16.2. The van der Waals surface area contributed by atoms with Crippen molar-refractivity contribution >= 4 is 22.4 Å². The molecule has 0 spiro atoms. The Morgan fingerprint density at radius 1 is 1.24 bits per heavy atom. The molecule has 21 heavy (non-hydrogen) atoms. The van der Waals surface area contributed by atoms with Gasteiger partial charge in [-0.2, -0.15) is 0 Å². The minimum atomic E-state index is -1.74. The van der Waals surface area contributed by atoms with Crippen LogP contribution in [0.1, 0.15) is 25.7 Å². The van der Waals surface area contributed by atoms with Crippen molar-refractivity contribution in [3.05, 3.63) is 11.5 Å². The first-order valence-corrected chi connectivity index (χ1v) is 14.5. The first kappa shape index (κ1) is 16.8. The fraction of sp³-hybridized carbons (Fsp3) is 0.800. The average Bonchev–Trinajstić information content (AvgIpc) is 2.48. The van der Waals surface area contributed by atoms with E-state index in [1.165, 1.54) is 0 Å². The highest BCUT2D eigenvalue weighted by Gasteiger charge is 2.39. The molecule has 0 aromatic heterocycles. The summed E-state index contributed by atoms with van der Waals surface area (Å²) in [5, 5.41) is 0. The zero-order valence-electron chi connectivity index (χ0n) is 14.1. The molecule has 6 heteroatoms. The van der Waals surface area contributed by atoms with Crippen molar-refractivity contribution in [2.75, 3.05) is 19.3 Å². The topological polar surface area (TPSA) is 38.8 Å². The molecule has 1 aliphatic carbocycles. The summed E-state index contributed by atoms with van der Waals surface area (Å²) < 4.78 is 12.2.